The van der Waals surface area contributed by atoms with Crippen molar-refractivity contribution in [1.29, 1.82) is 0 Å². The molecular formula is C20H27FN6O3S2. The van der Waals surface area contributed by atoms with Crippen LogP contribution >= 0.6 is 11.3 Å². The van der Waals surface area contributed by atoms with E-state index in [1.165, 1.54) is 35.6 Å². The van der Waals surface area contributed by atoms with Crippen LogP contribution in [-0.4, -0.2) is 77.3 Å². The lowest BCUT2D eigenvalue weighted by molar-refractivity contribution is 0.102. The Balaban J connectivity index is 1.28. The van der Waals surface area contributed by atoms with E-state index in [1.54, 1.807) is 8.61 Å². The summed E-state index contributed by atoms with van der Waals surface area (Å²) in [5.74, 6) is -0.769. The number of carbonyl (C=O) groups is 1. The standard InChI is InChI=1S/C20H27FN6O3S2/c21-16-5-7-17(8-6-16)22-19(28)20-24-23-18(31-20)15-25-11-13-27(14-12-25)32(29,30)26-9-3-1-2-4-10-26/h5-8H,1-4,9-15H2,(H,22,28). The van der Waals surface area contributed by atoms with Gasteiger partial charge >= 0.3 is 0 Å². The predicted octanol–water partition coefficient (Wildman–Crippen LogP) is 2.17. The number of hydrogen-bond donors (Lipinski definition) is 1. The maximum absolute atomic E-state index is 13.0. The Morgan fingerprint density at radius 2 is 1.56 bits per heavy atom. The van der Waals surface area contributed by atoms with E-state index < -0.39 is 16.1 Å². The third-order valence-corrected chi connectivity index (χ3v) is 8.61. The number of aromatic nitrogens is 2. The average molecular weight is 483 g/mol. The van der Waals surface area contributed by atoms with Gasteiger partial charge in [0.1, 0.15) is 10.8 Å². The van der Waals surface area contributed by atoms with E-state index in [0.717, 1.165) is 25.7 Å². The van der Waals surface area contributed by atoms with Crippen LogP contribution in [0, 0.1) is 5.82 Å². The van der Waals surface area contributed by atoms with Gasteiger partial charge in [0.05, 0.1) is 6.54 Å². The number of anilines is 1. The Labute approximate surface area is 191 Å². The first kappa shape index (κ1) is 23.2. The normalized spacial score (nSPS) is 19.5. The van der Waals surface area contributed by atoms with Crippen LogP contribution in [0.4, 0.5) is 10.1 Å². The van der Waals surface area contributed by atoms with E-state index in [-0.39, 0.29) is 10.8 Å². The van der Waals surface area contributed by atoms with E-state index in [1.807, 2.05) is 0 Å². The van der Waals surface area contributed by atoms with Gasteiger partial charge in [0, 0.05) is 45.0 Å². The number of halogens is 1. The van der Waals surface area contributed by atoms with Crippen molar-refractivity contribution in [3.8, 4) is 0 Å². The molecule has 4 rings (SSSR count). The lowest BCUT2D eigenvalue weighted by atomic mass is 10.2. The quantitative estimate of drug-likeness (QED) is 0.678. The third kappa shape index (κ3) is 5.67. The van der Waals surface area contributed by atoms with Crippen LogP contribution in [0.25, 0.3) is 0 Å². The number of nitrogens with one attached hydrogen (secondary N) is 1. The number of rotatable bonds is 6. The summed E-state index contributed by atoms with van der Waals surface area (Å²) in [5.41, 5.74) is 0.481. The smallest absolute Gasteiger partial charge is 0.286 e. The predicted molar refractivity (Wildman–Crippen MR) is 120 cm³/mol. The highest BCUT2D eigenvalue weighted by molar-refractivity contribution is 7.86. The van der Waals surface area contributed by atoms with Crippen molar-refractivity contribution in [2.45, 2.75) is 32.2 Å². The molecule has 1 aromatic carbocycles. The minimum absolute atomic E-state index is 0.228. The van der Waals surface area contributed by atoms with Crippen molar-refractivity contribution in [3.63, 3.8) is 0 Å². The van der Waals surface area contributed by atoms with Crippen LogP contribution < -0.4 is 5.32 Å². The first-order chi connectivity index (χ1) is 15.4. The van der Waals surface area contributed by atoms with Crippen LogP contribution in [0.15, 0.2) is 24.3 Å². The molecule has 12 heteroatoms. The number of hydrogen-bond acceptors (Lipinski definition) is 7. The lowest BCUT2D eigenvalue weighted by Gasteiger charge is -2.36. The highest BCUT2D eigenvalue weighted by Crippen LogP contribution is 2.20. The van der Waals surface area contributed by atoms with Gasteiger partial charge in [-0.05, 0) is 37.1 Å². The summed E-state index contributed by atoms with van der Waals surface area (Å²) in [6, 6.07) is 5.50. The van der Waals surface area contributed by atoms with Gasteiger partial charge in [-0.25, -0.2) is 4.39 Å². The monoisotopic (exact) mass is 482 g/mol. The highest BCUT2D eigenvalue weighted by Gasteiger charge is 2.32. The van der Waals surface area contributed by atoms with Crippen LogP contribution in [-0.2, 0) is 16.8 Å². The van der Waals surface area contributed by atoms with Crippen molar-refractivity contribution in [1.82, 2.24) is 23.7 Å². The van der Waals surface area contributed by atoms with Gasteiger partial charge in [0.15, 0.2) is 0 Å². The van der Waals surface area contributed by atoms with Gasteiger partial charge in [-0.3, -0.25) is 9.69 Å². The second kappa shape index (κ2) is 10.3. The fourth-order valence-electron chi connectivity index (χ4n) is 3.87. The molecule has 0 aliphatic carbocycles. The molecule has 2 saturated heterocycles. The molecule has 174 valence electrons. The molecule has 0 radical (unpaired) electrons. The number of amides is 1. The first-order valence-corrected chi connectivity index (χ1v) is 13.0. The summed E-state index contributed by atoms with van der Waals surface area (Å²) in [5, 5.41) is 11.7. The zero-order chi connectivity index (χ0) is 22.6. The molecule has 2 aliphatic rings. The van der Waals surface area contributed by atoms with Crippen LogP contribution in [0.5, 0.6) is 0 Å². The number of benzene rings is 1. The summed E-state index contributed by atoms with van der Waals surface area (Å²) in [6.45, 7) is 3.81. The molecule has 0 spiro atoms. The SMILES string of the molecule is O=C(Nc1ccc(F)cc1)c1nnc(CN2CCN(S(=O)(=O)N3CCCCCC3)CC2)s1. The molecule has 9 nitrogen and oxygen atoms in total. The van der Waals surface area contributed by atoms with Crippen molar-refractivity contribution in [3.05, 3.63) is 40.1 Å². The van der Waals surface area contributed by atoms with Crippen LogP contribution in [0.3, 0.4) is 0 Å². The molecule has 1 N–H and O–H groups in total. The molecule has 2 fully saturated rings. The van der Waals surface area contributed by atoms with Gasteiger partial charge in [-0.15, -0.1) is 10.2 Å². The maximum Gasteiger partial charge on any atom is 0.286 e. The lowest BCUT2D eigenvalue weighted by Crippen LogP contribution is -2.52. The summed E-state index contributed by atoms with van der Waals surface area (Å²) < 4.78 is 42.1. The van der Waals surface area contributed by atoms with Gasteiger partial charge in [-0.2, -0.15) is 17.0 Å². The van der Waals surface area contributed by atoms with Crippen molar-refractivity contribution < 1.29 is 17.6 Å². The molecule has 0 atom stereocenters. The molecule has 32 heavy (non-hydrogen) atoms. The largest absolute Gasteiger partial charge is 0.320 e. The molecule has 0 saturated carbocycles. The topological polar surface area (TPSA) is 98.7 Å². The molecule has 2 aliphatic heterocycles. The summed E-state index contributed by atoms with van der Waals surface area (Å²) >= 11 is 1.20. The average Bonchev–Trinajstić information content (AvgIpc) is 3.07. The molecule has 2 aromatic rings. The Hall–Kier alpha value is -1.99. The molecule has 1 amide bonds. The number of piperazine rings is 1. The van der Waals surface area contributed by atoms with E-state index in [9.17, 15) is 17.6 Å². The van der Waals surface area contributed by atoms with Gasteiger partial charge < -0.3 is 5.32 Å². The summed E-state index contributed by atoms with van der Waals surface area (Å²) in [6.07, 6.45) is 4.03. The van der Waals surface area contributed by atoms with E-state index >= 15 is 0 Å². The van der Waals surface area contributed by atoms with E-state index in [2.05, 4.69) is 20.4 Å². The van der Waals surface area contributed by atoms with Gasteiger partial charge in [-0.1, -0.05) is 24.2 Å². The van der Waals surface area contributed by atoms with Crippen molar-refractivity contribution in [2.24, 2.45) is 0 Å². The molecule has 3 heterocycles. The molecule has 0 bridgehead atoms. The minimum Gasteiger partial charge on any atom is -0.320 e. The highest BCUT2D eigenvalue weighted by atomic mass is 32.2. The Bertz CT molecular complexity index is 1010. The maximum atomic E-state index is 13.0. The minimum atomic E-state index is -3.41. The zero-order valence-electron chi connectivity index (χ0n) is 17.7. The Morgan fingerprint density at radius 3 is 2.22 bits per heavy atom. The summed E-state index contributed by atoms with van der Waals surface area (Å²) in [4.78, 5) is 14.5. The second-order valence-corrected chi connectivity index (χ2v) is 10.9. The first-order valence-electron chi connectivity index (χ1n) is 10.8. The zero-order valence-corrected chi connectivity index (χ0v) is 19.4. The third-order valence-electron chi connectivity index (χ3n) is 5.67. The fourth-order valence-corrected chi connectivity index (χ4v) is 6.32. The van der Waals surface area contributed by atoms with Crippen molar-refractivity contribution in [2.75, 3.05) is 44.6 Å². The van der Waals surface area contributed by atoms with Gasteiger partial charge in [0.25, 0.3) is 16.1 Å². The molecule has 0 unspecified atom stereocenters. The van der Waals surface area contributed by atoms with Crippen LogP contribution in [0.1, 0.15) is 40.5 Å². The Kier molecular flexibility index (Phi) is 7.46. The Morgan fingerprint density at radius 1 is 0.938 bits per heavy atom. The van der Waals surface area contributed by atoms with Crippen molar-refractivity contribution >= 4 is 33.1 Å². The molecule has 1 aromatic heterocycles. The molecular weight excluding hydrogens is 455 g/mol. The van der Waals surface area contributed by atoms with E-state index in [0.29, 0.717) is 56.5 Å². The summed E-state index contributed by atoms with van der Waals surface area (Å²) in [7, 11) is -3.41. The number of carbonyl (C=O) groups excluding carboxylic acids is 1. The van der Waals surface area contributed by atoms with E-state index in [4.69, 9.17) is 0 Å². The van der Waals surface area contributed by atoms with Gasteiger partial charge in [0.2, 0.25) is 5.01 Å². The second-order valence-electron chi connectivity index (χ2n) is 7.96. The van der Waals surface area contributed by atoms with Crippen LogP contribution in [0.2, 0.25) is 0 Å². The number of nitrogens with zero attached hydrogens (tertiary/aromatic N) is 5. The fraction of sp³-hybridized carbons (Fsp3) is 0.550.